The molecule has 0 amide bonds. The van der Waals surface area contributed by atoms with Gasteiger partial charge in [0.15, 0.2) is 5.78 Å². The number of hydrogen-bond donors (Lipinski definition) is 1. The van der Waals surface area contributed by atoms with Crippen LogP contribution in [-0.4, -0.2) is 34.6 Å². The summed E-state index contributed by atoms with van der Waals surface area (Å²) >= 11 is 6.03. The molecule has 6 heteroatoms. The lowest BCUT2D eigenvalue weighted by molar-refractivity contribution is 0.0830. The molecule has 1 fully saturated rings. The summed E-state index contributed by atoms with van der Waals surface area (Å²) in [6.07, 6.45) is 5.08. The van der Waals surface area contributed by atoms with Gasteiger partial charge in [-0.05, 0) is 68.5 Å². The molecule has 0 unspecified atom stereocenters. The summed E-state index contributed by atoms with van der Waals surface area (Å²) in [6.45, 7) is 3.75. The molecule has 5 nitrogen and oxygen atoms in total. The van der Waals surface area contributed by atoms with Crippen molar-refractivity contribution < 1.29 is 9.59 Å². The van der Waals surface area contributed by atoms with Crippen LogP contribution in [0.1, 0.15) is 51.2 Å². The zero-order valence-electron chi connectivity index (χ0n) is 14.1. The number of aromatic nitrogens is 2. The van der Waals surface area contributed by atoms with Crippen LogP contribution in [0.15, 0.2) is 24.4 Å². The Morgan fingerprint density at radius 1 is 1.28 bits per heavy atom. The Hall–Kier alpha value is -1.98. The molecule has 1 aliphatic heterocycles. The number of carbonyl (C=O) groups is 2. The fourth-order valence-corrected chi connectivity index (χ4v) is 4.11. The standard InChI is InChI=1S/C19H20ClN3O2/c1-12-8-13(2-3-15(12)20)18(25)23-11-14-9-19(4-6-21-7-5-19)10-16(24)17(14)22-23/h2-3,8,11,21H,4-7,9-10H2,1H3. The molecule has 2 heterocycles. The summed E-state index contributed by atoms with van der Waals surface area (Å²) in [5.41, 5.74) is 2.75. The number of piperidine rings is 1. The zero-order valence-corrected chi connectivity index (χ0v) is 14.9. The van der Waals surface area contributed by atoms with E-state index in [1.165, 1.54) is 4.68 Å². The van der Waals surface area contributed by atoms with Crippen molar-refractivity contribution in [3.8, 4) is 0 Å². The Bertz CT molecular complexity index is 866. The molecular formula is C19H20ClN3O2. The average molecular weight is 358 g/mol. The van der Waals surface area contributed by atoms with Crippen LogP contribution in [-0.2, 0) is 6.42 Å². The maximum atomic E-state index is 12.7. The van der Waals surface area contributed by atoms with Crippen molar-refractivity contribution in [3.05, 3.63) is 51.8 Å². The summed E-state index contributed by atoms with van der Waals surface area (Å²) in [5.74, 6) is -0.177. The van der Waals surface area contributed by atoms with E-state index in [0.29, 0.717) is 22.7 Å². The second kappa shape index (κ2) is 6.07. The van der Waals surface area contributed by atoms with Crippen molar-refractivity contribution in [2.24, 2.45) is 5.41 Å². The highest BCUT2D eigenvalue weighted by Gasteiger charge is 2.41. The third kappa shape index (κ3) is 2.92. The maximum Gasteiger partial charge on any atom is 0.278 e. The van der Waals surface area contributed by atoms with Crippen LogP contribution in [0.2, 0.25) is 5.02 Å². The van der Waals surface area contributed by atoms with E-state index in [1.807, 2.05) is 6.92 Å². The van der Waals surface area contributed by atoms with Gasteiger partial charge in [-0.15, -0.1) is 0 Å². The second-order valence-electron chi connectivity index (χ2n) is 7.24. The van der Waals surface area contributed by atoms with E-state index in [9.17, 15) is 9.59 Å². The van der Waals surface area contributed by atoms with Crippen molar-refractivity contribution in [2.45, 2.75) is 32.6 Å². The molecule has 0 radical (unpaired) electrons. The maximum absolute atomic E-state index is 12.7. The van der Waals surface area contributed by atoms with Crippen molar-refractivity contribution in [3.63, 3.8) is 0 Å². The highest BCUT2D eigenvalue weighted by molar-refractivity contribution is 6.31. The van der Waals surface area contributed by atoms with E-state index in [-0.39, 0.29) is 17.1 Å². The number of aryl methyl sites for hydroxylation is 1. The quantitative estimate of drug-likeness (QED) is 0.852. The number of nitrogens with one attached hydrogen (secondary N) is 1. The molecule has 4 rings (SSSR count). The van der Waals surface area contributed by atoms with Crippen LogP contribution in [0.4, 0.5) is 0 Å². The van der Waals surface area contributed by atoms with Gasteiger partial charge in [-0.25, -0.2) is 4.68 Å². The molecule has 2 aromatic rings. The summed E-state index contributed by atoms with van der Waals surface area (Å²) < 4.78 is 1.31. The average Bonchev–Trinajstić information content (AvgIpc) is 3.01. The van der Waals surface area contributed by atoms with Gasteiger partial charge >= 0.3 is 0 Å². The van der Waals surface area contributed by atoms with E-state index < -0.39 is 0 Å². The van der Waals surface area contributed by atoms with Crippen LogP contribution in [0, 0.1) is 12.3 Å². The van der Waals surface area contributed by atoms with Crippen molar-refractivity contribution in [2.75, 3.05) is 13.1 Å². The Morgan fingerprint density at radius 3 is 2.76 bits per heavy atom. The lowest BCUT2D eigenvalue weighted by Gasteiger charge is -2.39. The van der Waals surface area contributed by atoms with Gasteiger partial charge in [0, 0.05) is 28.8 Å². The van der Waals surface area contributed by atoms with Crippen LogP contribution in [0.3, 0.4) is 0 Å². The number of hydrogen-bond acceptors (Lipinski definition) is 4. The van der Waals surface area contributed by atoms with Gasteiger partial charge in [-0.3, -0.25) is 9.59 Å². The summed E-state index contributed by atoms with van der Waals surface area (Å²) in [6, 6.07) is 5.15. The molecule has 0 atom stereocenters. The normalized spacial score (nSPS) is 19.0. The minimum absolute atomic E-state index is 0.0309. The van der Waals surface area contributed by atoms with E-state index in [0.717, 1.165) is 43.5 Å². The fraction of sp³-hybridized carbons (Fsp3) is 0.421. The van der Waals surface area contributed by atoms with Gasteiger partial charge in [0.1, 0.15) is 5.69 Å². The fourth-order valence-electron chi connectivity index (χ4n) is 3.99. The van der Waals surface area contributed by atoms with Crippen molar-refractivity contribution >= 4 is 23.3 Å². The van der Waals surface area contributed by atoms with Crippen LogP contribution in [0.25, 0.3) is 0 Å². The van der Waals surface area contributed by atoms with E-state index in [1.54, 1.807) is 24.4 Å². The van der Waals surface area contributed by atoms with Gasteiger partial charge in [-0.1, -0.05) is 11.6 Å². The number of fused-ring (bicyclic) bond motifs is 1. The first-order chi connectivity index (χ1) is 12.0. The monoisotopic (exact) mass is 357 g/mol. The van der Waals surface area contributed by atoms with Crippen LogP contribution in [0.5, 0.6) is 0 Å². The Labute approximate surface area is 151 Å². The Morgan fingerprint density at radius 2 is 2.04 bits per heavy atom. The lowest BCUT2D eigenvalue weighted by atomic mass is 9.67. The highest BCUT2D eigenvalue weighted by atomic mass is 35.5. The number of ketones is 1. The third-order valence-electron chi connectivity index (χ3n) is 5.43. The first-order valence-corrected chi connectivity index (χ1v) is 8.99. The largest absolute Gasteiger partial charge is 0.317 e. The van der Waals surface area contributed by atoms with Gasteiger partial charge in [0.2, 0.25) is 0 Å². The van der Waals surface area contributed by atoms with Gasteiger partial charge in [0.05, 0.1) is 0 Å². The molecule has 1 spiro atoms. The SMILES string of the molecule is Cc1cc(C(=O)n2cc3c(n2)C(=O)CC2(CCNCC2)C3)ccc1Cl. The van der Waals surface area contributed by atoms with Gasteiger partial charge in [0.25, 0.3) is 5.91 Å². The predicted molar refractivity (Wildman–Crippen MR) is 95.3 cm³/mol. The molecule has 1 aliphatic carbocycles. The minimum atomic E-state index is -0.235. The molecule has 1 saturated heterocycles. The number of halogens is 1. The zero-order chi connectivity index (χ0) is 17.6. The molecule has 2 aliphatic rings. The molecule has 1 aromatic carbocycles. The Kier molecular flexibility index (Phi) is 4.01. The highest BCUT2D eigenvalue weighted by Crippen LogP contribution is 2.41. The molecule has 0 saturated carbocycles. The van der Waals surface area contributed by atoms with Crippen molar-refractivity contribution in [1.82, 2.24) is 15.1 Å². The first-order valence-electron chi connectivity index (χ1n) is 8.61. The minimum Gasteiger partial charge on any atom is -0.317 e. The first kappa shape index (κ1) is 16.5. The molecule has 0 bridgehead atoms. The van der Waals surface area contributed by atoms with E-state index in [4.69, 9.17) is 11.6 Å². The summed E-state index contributed by atoms with van der Waals surface area (Å²) in [7, 11) is 0. The number of benzene rings is 1. The second-order valence-corrected chi connectivity index (χ2v) is 7.65. The summed E-state index contributed by atoms with van der Waals surface area (Å²) in [5, 5.41) is 8.28. The van der Waals surface area contributed by atoms with E-state index >= 15 is 0 Å². The lowest BCUT2D eigenvalue weighted by Crippen LogP contribution is -2.41. The van der Waals surface area contributed by atoms with Gasteiger partial charge in [-0.2, -0.15) is 5.10 Å². The molecular weight excluding hydrogens is 338 g/mol. The number of nitrogens with zero attached hydrogens (tertiary/aromatic N) is 2. The molecule has 25 heavy (non-hydrogen) atoms. The molecule has 130 valence electrons. The predicted octanol–water partition coefficient (Wildman–Crippen LogP) is 3.03. The molecule has 1 aromatic heterocycles. The number of carbonyl (C=O) groups excluding carboxylic acids is 2. The van der Waals surface area contributed by atoms with Crippen molar-refractivity contribution in [1.29, 1.82) is 0 Å². The number of Topliss-reactive ketones (excluding diaryl/α,β-unsaturated/α-hetero) is 1. The van der Waals surface area contributed by atoms with Gasteiger partial charge < -0.3 is 5.32 Å². The topological polar surface area (TPSA) is 64.0 Å². The van der Waals surface area contributed by atoms with Crippen LogP contribution >= 0.6 is 11.6 Å². The smallest absolute Gasteiger partial charge is 0.278 e. The third-order valence-corrected chi connectivity index (χ3v) is 5.86. The number of rotatable bonds is 1. The van der Waals surface area contributed by atoms with E-state index in [2.05, 4.69) is 10.4 Å². The van der Waals surface area contributed by atoms with Crippen LogP contribution < -0.4 is 5.32 Å². The molecule has 1 N–H and O–H groups in total. The summed E-state index contributed by atoms with van der Waals surface area (Å²) in [4.78, 5) is 25.3. The Balaban J connectivity index is 1.66.